The molecule has 2 rings (SSSR count). The van der Waals surface area contributed by atoms with Crippen molar-refractivity contribution in [2.45, 2.75) is 25.8 Å². The van der Waals surface area contributed by atoms with Gasteiger partial charge in [-0.25, -0.2) is 9.97 Å². The lowest BCUT2D eigenvalue weighted by molar-refractivity contribution is -0.140. The van der Waals surface area contributed by atoms with E-state index in [9.17, 15) is 4.79 Å². The second-order valence-electron chi connectivity index (χ2n) is 4.19. The predicted octanol–water partition coefficient (Wildman–Crippen LogP) is 3.12. The normalized spacial score (nSPS) is 12.8. The Morgan fingerprint density at radius 3 is 2.89 bits per heavy atom. The number of hydrogen-bond donors (Lipinski definition) is 1. The average molecular weight is 282 g/mol. The minimum atomic E-state index is -0.772. The van der Waals surface area contributed by atoms with Crippen LogP contribution in [0.15, 0.2) is 11.4 Å². The Kier molecular flexibility index (Phi) is 3.87. The molecule has 0 aliphatic carbocycles. The van der Waals surface area contributed by atoms with E-state index < -0.39 is 5.97 Å². The van der Waals surface area contributed by atoms with E-state index in [1.54, 1.807) is 24.6 Å². The van der Waals surface area contributed by atoms with E-state index in [1.807, 2.05) is 0 Å². The van der Waals surface area contributed by atoms with Gasteiger partial charge in [-0.2, -0.15) is 0 Å². The molecule has 2 heterocycles. The van der Waals surface area contributed by atoms with Crippen molar-refractivity contribution in [1.29, 1.82) is 0 Å². The lowest BCUT2D eigenvalue weighted by atomic mass is 10.2. The Bertz CT molecular complexity index is 595. The lowest BCUT2D eigenvalue weighted by Crippen LogP contribution is -2.11. The molecule has 0 aliphatic rings. The molecule has 0 bridgehead atoms. The summed E-state index contributed by atoms with van der Waals surface area (Å²) in [6.45, 7) is 5.83. The molecule has 0 radical (unpaired) electrons. The first-order valence-corrected chi connectivity index (χ1v) is 7.37. The highest BCUT2D eigenvalue weighted by atomic mass is 32.2. The molecule has 0 saturated heterocycles. The smallest absolute Gasteiger partial charge is 0.307 e. The Morgan fingerprint density at radius 1 is 1.50 bits per heavy atom. The summed E-state index contributed by atoms with van der Waals surface area (Å²) in [6, 6.07) is 0. The first-order valence-electron chi connectivity index (χ1n) is 5.57. The number of thiophene rings is 1. The lowest BCUT2D eigenvalue weighted by Gasteiger charge is -2.06. The maximum absolute atomic E-state index is 10.8. The van der Waals surface area contributed by atoms with Gasteiger partial charge in [-0.15, -0.1) is 23.1 Å². The summed E-state index contributed by atoms with van der Waals surface area (Å²) >= 11 is 3.14. The van der Waals surface area contributed by atoms with Crippen LogP contribution in [0.3, 0.4) is 0 Å². The maximum atomic E-state index is 10.8. The molecule has 0 saturated carbocycles. The van der Waals surface area contributed by atoms with Crippen molar-refractivity contribution in [1.82, 2.24) is 9.97 Å². The Hall–Kier alpha value is -1.14. The van der Waals surface area contributed by atoms with Gasteiger partial charge in [-0.3, -0.25) is 4.79 Å². The number of fused-ring (bicyclic) bond motifs is 1. The van der Waals surface area contributed by atoms with Gasteiger partial charge in [0.2, 0.25) is 0 Å². The molecule has 1 unspecified atom stereocenters. The van der Waals surface area contributed by atoms with Gasteiger partial charge in [0.25, 0.3) is 0 Å². The molecule has 0 spiro atoms. The number of aliphatic carboxylic acids is 1. The minimum absolute atomic E-state index is 0.375. The first kappa shape index (κ1) is 13.3. The number of aryl methyl sites for hydroxylation is 2. The molecule has 6 heteroatoms. The number of hydrogen-bond acceptors (Lipinski definition) is 5. The second kappa shape index (κ2) is 5.24. The third-order valence-electron chi connectivity index (χ3n) is 2.82. The van der Waals surface area contributed by atoms with Crippen LogP contribution < -0.4 is 0 Å². The molecule has 18 heavy (non-hydrogen) atoms. The summed E-state index contributed by atoms with van der Waals surface area (Å²) < 4.78 is 0. The van der Waals surface area contributed by atoms with Crippen LogP contribution in [0.25, 0.3) is 10.2 Å². The van der Waals surface area contributed by atoms with Crippen molar-refractivity contribution >= 4 is 39.3 Å². The Labute approximate surface area is 113 Å². The highest BCUT2D eigenvalue weighted by molar-refractivity contribution is 7.99. The van der Waals surface area contributed by atoms with E-state index >= 15 is 0 Å². The van der Waals surface area contributed by atoms with Crippen LogP contribution in [0, 0.1) is 19.8 Å². The molecule has 96 valence electrons. The van der Waals surface area contributed by atoms with Crippen LogP contribution in [0.2, 0.25) is 0 Å². The van der Waals surface area contributed by atoms with Crippen LogP contribution in [0.1, 0.15) is 17.4 Å². The number of aromatic nitrogens is 2. The van der Waals surface area contributed by atoms with Crippen molar-refractivity contribution in [3.05, 3.63) is 16.8 Å². The molecule has 1 N–H and O–H groups in total. The van der Waals surface area contributed by atoms with E-state index in [-0.39, 0.29) is 5.92 Å². The first-order chi connectivity index (χ1) is 8.50. The van der Waals surface area contributed by atoms with E-state index in [1.165, 1.54) is 22.2 Å². The Balaban J connectivity index is 2.31. The molecular formula is C12H14N2O2S2. The summed E-state index contributed by atoms with van der Waals surface area (Å²) in [7, 11) is 0. The molecule has 4 nitrogen and oxygen atoms in total. The third kappa shape index (κ3) is 2.49. The van der Waals surface area contributed by atoms with Crippen LogP contribution in [-0.2, 0) is 4.79 Å². The van der Waals surface area contributed by atoms with Crippen molar-refractivity contribution in [2.24, 2.45) is 5.92 Å². The van der Waals surface area contributed by atoms with Gasteiger partial charge >= 0.3 is 5.97 Å². The molecule has 0 fully saturated rings. The SMILES string of the molecule is Cc1sc2ncnc(SCC(C)C(=O)O)c2c1C. The summed E-state index contributed by atoms with van der Waals surface area (Å²) in [6.07, 6.45) is 1.55. The van der Waals surface area contributed by atoms with Crippen molar-refractivity contribution in [3.63, 3.8) is 0 Å². The number of carboxylic acid groups (broad SMARTS) is 1. The molecular weight excluding hydrogens is 268 g/mol. The fourth-order valence-corrected chi connectivity index (χ4v) is 3.66. The summed E-state index contributed by atoms with van der Waals surface area (Å²) in [5.74, 6) is -0.624. The predicted molar refractivity (Wildman–Crippen MR) is 74.4 cm³/mol. The number of nitrogens with zero attached hydrogens (tertiary/aromatic N) is 2. The molecule has 0 aromatic carbocycles. The molecule has 0 aliphatic heterocycles. The summed E-state index contributed by atoms with van der Waals surface area (Å²) in [5.41, 5.74) is 1.20. The van der Waals surface area contributed by atoms with Crippen molar-refractivity contribution in [3.8, 4) is 0 Å². The highest BCUT2D eigenvalue weighted by Gasteiger charge is 2.15. The van der Waals surface area contributed by atoms with Crippen LogP contribution in [0.4, 0.5) is 0 Å². The number of carbonyl (C=O) groups is 1. The molecule has 1 atom stereocenters. The standard InChI is InChI=1S/C12H14N2O2S2/c1-6(12(15)16)4-17-10-9-7(2)8(3)18-11(9)14-5-13-10/h5-6H,4H2,1-3H3,(H,15,16). The van der Waals surface area contributed by atoms with Gasteiger partial charge in [0, 0.05) is 16.0 Å². The topological polar surface area (TPSA) is 63.1 Å². The molecule has 0 amide bonds. The summed E-state index contributed by atoms with van der Waals surface area (Å²) in [5, 5.41) is 10.8. The van der Waals surface area contributed by atoms with E-state index in [0.717, 1.165) is 15.2 Å². The molecule has 2 aromatic heterocycles. The van der Waals surface area contributed by atoms with E-state index in [4.69, 9.17) is 5.11 Å². The van der Waals surface area contributed by atoms with Gasteiger partial charge in [-0.1, -0.05) is 6.92 Å². The zero-order chi connectivity index (χ0) is 13.3. The highest BCUT2D eigenvalue weighted by Crippen LogP contribution is 2.34. The summed E-state index contributed by atoms with van der Waals surface area (Å²) in [4.78, 5) is 21.6. The molecule has 2 aromatic rings. The van der Waals surface area contributed by atoms with Crippen molar-refractivity contribution in [2.75, 3.05) is 5.75 Å². The zero-order valence-electron chi connectivity index (χ0n) is 10.4. The third-order valence-corrected chi connectivity index (χ3v) is 5.19. The fraction of sp³-hybridized carbons (Fsp3) is 0.417. The van der Waals surface area contributed by atoms with Gasteiger partial charge in [0.05, 0.1) is 5.92 Å². The number of thioether (sulfide) groups is 1. The Morgan fingerprint density at radius 2 is 2.22 bits per heavy atom. The fourth-order valence-electron chi connectivity index (χ4n) is 1.53. The number of carboxylic acids is 1. The minimum Gasteiger partial charge on any atom is -0.481 e. The van der Waals surface area contributed by atoms with Gasteiger partial charge in [0.1, 0.15) is 16.2 Å². The monoisotopic (exact) mass is 282 g/mol. The number of rotatable bonds is 4. The van der Waals surface area contributed by atoms with Crippen molar-refractivity contribution < 1.29 is 9.90 Å². The van der Waals surface area contributed by atoms with Crippen LogP contribution in [0.5, 0.6) is 0 Å². The van der Waals surface area contributed by atoms with Gasteiger partial charge in [-0.05, 0) is 19.4 Å². The maximum Gasteiger partial charge on any atom is 0.307 e. The zero-order valence-corrected chi connectivity index (χ0v) is 12.1. The van der Waals surface area contributed by atoms with Crippen LogP contribution in [-0.4, -0.2) is 26.8 Å². The van der Waals surface area contributed by atoms with Crippen LogP contribution >= 0.6 is 23.1 Å². The van der Waals surface area contributed by atoms with Gasteiger partial charge < -0.3 is 5.11 Å². The van der Waals surface area contributed by atoms with E-state index in [0.29, 0.717) is 5.75 Å². The largest absolute Gasteiger partial charge is 0.481 e. The van der Waals surface area contributed by atoms with E-state index in [2.05, 4.69) is 23.8 Å². The quantitative estimate of drug-likeness (QED) is 0.689. The second-order valence-corrected chi connectivity index (χ2v) is 6.40. The van der Waals surface area contributed by atoms with Gasteiger partial charge in [0.15, 0.2) is 0 Å². The average Bonchev–Trinajstić information content (AvgIpc) is 2.62.